The second-order valence-electron chi connectivity index (χ2n) is 6.71. The lowest BCUT2D eigenvalue weighted by molar-refractivity contribution is 0.0375. The molecular weight excluding hydrogens is 332 g/mol. The van der Waals surface area contributed by atoms with Crippen LogP contribution in [0.5, 0.6) is 5.75 Å². The summed E-state index contributed by atoms with van der Waals surface area (Å²) < 4.78 is 10.5. The van der Waals surface area contributed by atoms with Crippen molar-refractivity contribution in [3.8, 4) is 5.75 Å². The van der Waals surface area contributed by atoms with Crippen LogP contribution in [-0.4, -0.2) is 88.5 Å². The van der Waals surface area contributed by atoms with Crippen molar-refractivity contribution < 1.29 is 14.3 Å². The predicted octanol–water partition coefficient (Wildman–Crippen LogP) is 1.25. The second-order valence-corrected chi connectivity index (χ2v) is 6.71. The molecule has 2 aliphatic rings. The van der Waals surface area contributed by atoms with Gasteiger partial charge in [0.2, 0.25) is 0 Å². The summed E-state index contributed by atoms with van der Waals surface area (Å²) in [6, 6.07) is 8.15. The van der Waals surface area contributed by atoms with Gasteiger partial charge in [0.05, 0.1) is 20.3 Å². The summed E-state index contributed by atoms with van der Waals surface area (Å²) in [6.45, 7) is 8.62. The molecule has 7 heteroatoms. The Kier molecular flexibility index (Phi) is 6.96. The number of ether oxygens (including phenoxy) is 2. The SMILES string of the molecule is COc1ccc(N2CCN(C(=O)NCCCN3CCOCC3)CC2)cc1. The minimum absolute atomic E-state index is 0.0568. The highest BCUT2D eigenvalue weighted by Crippen LogP contribution is 2.20. The number of carbonyl (C=O) groups is 1. The molecule has 2 heterocycles. The van der Waals surface area contributed by atoms with Gasteiger partial charge in [-0.3, -0.25) is 4.90 Å². The highest BCUT2D eigenvalue weighted by Gasteiger charge is 2.21. The summed E-state index contributed by atoms with van der Waals surface area (Å²) >= 11 is 0. The van der Waals surface area contributed by atoms with Crippen LogP contribution in [-0.2, 0) is 4.74 Å². The quantitative estimate of drug-likeness (QED) is 0.772. The van der Waals surface area contributed by atoms with E-state index in [1.807, 2.05) is 17.0 Å². The third-order valence-corrected chi connectivity index (χ3v) is 5.04. The molecule has 0 atom stereocenters. The maximum absolute atomic E-state index is 12.3. The molecule has 2 aliphatic heterocycles. The summed E-state index contributed by atoms with van der Waals surface area (Å²) in [5, 5.41) is 3.06. The Morgan fingerprint density at radius 1 is 1.08 bits per heavy atom. The summed E-state index contributed by atoms with van der Waals surface area (Å²) in [7, 11) is 1.67. The van der Waals surface area contributed by atoms with Crippen molar-refractivity contribution in [2.45, 2.75) is 6.42 Å². The predicted molar refractivity (Wildman–Crippen MR) is 102 cm³/mol. The number of methoxy groups -OCH3 is 1. The van der Waals surface area contributed by atoms with E-state index < -0.39 is 0 Å². The third kappa shape index (κ3) is 5.25. The van der Waals surface area contributed by atoms with E-state index in [-0.39, 0.29) is 6.03 Å². The standard InChI is InChI=1S/C19H30N4O3/c1-25-18-5-3-17(4-6-18)22-9-11-23(12-10-22)19(24)20-7-2-8-21-13-15-26-16-14-21/h3-6H,2,7-16H2,1H3,(H,20,24). The molecule has 2 saturated heterocycles. The Labute approximate surface area is 155 Å². The second kappa shape index (κ2) is 9.64. The Morgan fingerprint density at radius 3 is 2.42 bits per heavy atom. The number of nitrogens with zero attached hydrogens (tertiary/aromatic N) is 3. The molecule has 0 radical (unpaired) electrons. The van der Waals surface area contributed by atoms with Crippen LogP contribution in [0.2, 0.25) is 0 Å². The summed E-state index contributed by atoms with van der Waals surface area (Å²) in [4.78, 5) is 18.9. The van der Waals surface area contributed by atoms with Gasteiger partial charge in [-0.05, 0) is 37.2 Å². The van der Waals surface area contributed by atoms with Crippen LogP contribution in [0.15, 0.2) is 24.3 Å². The molecule has 2 fully saturated rings. The van der Waals surface area contributed by atoms with E-state index in [0.29, 0.717) is 0 Å². The van der Waals surface area contributed by atoms with E-state index in [9.17, 15) is 4.79 Å². The first-order valence-electron chi connectivity index (χ1n) is 9.48. The van der Waals surface area contributed by atoms with Crippen molar-refractivity contribution in [1.82, 2.24) is 15.1 Å². The molecule has 2 amide bonds. The lowest BCUT2D eigenvalue weighted by atomic mass is 10.2. The van der Waals surface area contributed by atoms with Crippen molar-refractivity contribution in [1.29, 1.82) is 0 Å². The van der Waals surface area contributed by atoms with Crippen molar-refractivity contribution in [3.63, 3.8) is 0 Å². The molecule has 0 spiro atoms. The van der Waals surface area contributed by atoms with Crippen LogP contribution in [0.25, 0.3) is 0 Å². The van der Waals surface area contributed by atoms with Gasteiger partial charge in [-0.25, -0.2) is 4.79 Å². The maximum Gasteiger partial charge on any atom is 0.317 e. The summed E-state index contributed by atoms with van der Waals surface area (Å²) in [5.74, 6) is 0.865. The molecule has 0 unspecified atom stereocenters. The van der Waals surface area contributed by atoms with Gasteiger partial charge in [-0.15, -0.1) is 0 Å². The molecule has 7 nitrogen and oxygen atoms in total. The Balaban J connectivity index is 1.33. The molecule has 1 N–H and O–H groups in total. The van der Waals surface area contributed by atoms with Crippen LogP contribution >= 0.6 is 0 Å². The van der Waals surface area contributed by atoms with Gasteiger partial charge in [0.1, 0.15) is 5.75 Å². The number of nitrogens with one attached hydrogen (secondary N) is 1. The zero-order valence-electron chi connectivity index (χ0n) is 15.7. The first-order chi connectivity index (χ1) is 12.8. The molecule has 0 bridgehead atoms. The van der Waals surface area contributed by atoms with Gasteiger partial charge in [0.15, 0.2) is 0 Å². The fraction of sp³-hybridized carbons (Fsp3) is 0.632. The molecule has 0 aromatic heterocycles. The van der Waals surface area contributed by atoms with Crippen LogP contribution in [0.1, 0.15) is 6.42 Å². The number of morpholine rings is 1. The Morgan fingerprint density at radius 2 is 1.77 bits per heavy atom. The molecule has 1 aromatic rings. The van der Waals surface area contributed by atoms with E-state index >= 15 is 0 Å². The molecule has 0 saturated carbocycles. The van der Waals surface area contributed by atoms with E-state index in [0.717, 1.165) is 77.7 Å². The van der Waals surface area contributed by atoms with Gasteiger partial charge < -0.3 is 24.6 Å². The minimum Gasteiger partial charge on any atom is -0.497 e. The number of benzene rings is 1. The molecule has 0 aliphatic carbocycles. The van der Waals surface area contributed by atoms with E-state index in [1.54, 1.807) is 7.11 Å². The van der Waals surface area contributed by atoms with Crippen molar-refractivity contribution in [3.05, 3.63) is 24.3 Å². The fourth-order valence-electron chi connectivity index (χ4n) is 3.40. The van der Waals surface area contributed by atoms with Crippen LogP contribution in [0.3, 0.4) is 0 Å². The van der Waals surface area contributed by atoms with E-state index in [2.05, 4.69) is 27.2 Å². The van der Waals surface area contributed by atoms with Gasteiger partial charge in [0, 0.05) is 51.5 Å². The lowest BCUT2D eigenvalue weighted by Crippen LogP contribution is -2.52. The molecule has 26 heavy (non-hydrogen) atoms. The zero-order valence-corrected chi connectivity index (χ0v) is 15.7. The van der Waals surface area contributed by atoms with Crippen molar-refractivity contribution in [2.24, 2.45) is 0 Å². The van der Waals surface area contributed by atoms with Crippen molar-refractivity contribution in [2.75, 3.05) is 77.6 Å². The number of rotatable bonds is 6. The van der Waals surface area contributed by atoms with Gasteiger partial charge in [0.25, 0.3) is 0 Å². The highest BCUT2D eigenvalue weighted by atomic mass is 16.5. The zero-order chi connectivity index (χ0) is 18.2. The van der Waals surface area contributed by atoms with E-state index in [1.165, 1.54) is 5.69 Å². The number of carbonyl (C=O) groups excluding carboxylic acids is 1. The normalized spacial score (nSPS) is 18.7. The van der Waals surface area contributed by atoms with Crippen LogP contribution < -0.4 is 15.0 Å². The number of hydrogen-bond donors (Lipinski definition) is 1. The summed E-state index contributed by atoms with van der Waals surface area (Å²) in [5.41, 5.74) is 1.18. The minimum atomic E-state index is 0.0568. The molecule has 144 valence electrons. The van der Waals surface area contributed by atoms with Crippen LogP contribution in [0.4, 0.5) is 10.5 Å². The monoisotopic (exact) mass is 362 g/mol. The number of anilines is 1. The Bertz CT molecular complexity index is 552. The molecule has 1 aromatic carbocycles. The largest absolute Gasteiger partial charge is 0.497 e. The third-order valence-electron chi connectivity index (χ3n) is 5.04. The smallest absolute Gasteiger partial charge is 0.317 e. The maximum atomic E-state index is 12.3. The molecular formula is C19H30N4O3. The molecule has 3 rings (SSSR count). The number of piperazine rings is 1. The average molecular weight is 362 g/mol. The first kappa shape index (κ1) is 18.8. The fourth-order valence-corrected chi connectivity index (χ4v) is 3.40. The first-order valence-corrected chi connectivity index (χ1v) is 9.48. The van der Waals surface area contributed by atoms with E-state index in [4.69, 9.17) is 9.47 Å². The average Bonchev–Trinajstić information content (AvgIpc) is 2.72. The number of urea groups is 1. The number of hydrogen-bond acceptors (Lipinski definition) is 5. The van der Waals surface area contributed by atoms with Gasteiger partial charge >= 0.3 is 6.03 Å². The number of amides is 2. The Hall–Kier alpha value is -1.99. The van der Waals surface area contributed by atoms with Gasteiger partial charge in [-0.1, -0.05) is 0 Å². The van der Waals surface area contributed by atoms with Crippen molar-refractivity contribution >= 4 is 11.7 Å². The summed E-state index contributed by atoms with van der Waals surface area (Å²) in [6.07, 6.45) is 0.984. The van der Waals surface area contributed by atoms with Gasteiger partial charge in [-0.2, -0.15) is 0 Å². The lowest BCUT2D eigenvalue weighted by Gasteiger charge is -2.36. The topological polar surface area (TPSA) is 57.3 Å². The highest BCUT2D eigenvalue weighted by molar-refractivity contribution is 5.74. The van der Waals surface area contributed by atoms with Crippen LogP contribution in [0, 0.1) is 0 Å².